The molecule has 0 bridgehead atoms. The molecule has 0 aliphatic carbocycles. The number of aromatic nitrogens is 2. The van der Waals surface area contributed by atoms with Crippen molar-refractivity contribution in [2.75, 3.05) is 20.8 Å². The zero-order chi connectivity index (χ0) is 32.5. The fourth-order valence-electron chi connectivity index (χ4n) is 5.84. The molecule has 234 valence electrons. The Morgan fingerprint density at radius 1 is 0.978 bits per heavy atom. The minimum absolute atomic E-state index is 0.168. The summed E-state index contributed by atoms with van der Waals surface area (Å²) in [5, 5.41) is 0. The Bertz CT molecular complexity index is 2160. The van der Waals surface area contributed by atoms with Gasteiger partial charge in [0.15, 0.2) is 16.3 Å². The van der Waals surface area contributed by atoms with Crippen LogP contribution in [0.5, 0.6) is 11.5 Å². The van der Waals surface area contributed by atoms with Crippen LogP contribution in [0.1, 0.15) is 41.0 Å². The number of thiazole rings is 1. The molecule has 0 fully saturated rings. The molecular formula is C36H32BrN3O5S. The molecule has 1 aliphatic rings. The molecule has 46 heavy (non-hydrogen) atoms. The summed E-state index contributed by atoms with van der Waals surface area (Å²) in [6.07, 6.45) is 1.91. The number of fused-ring (bicyclic) bond motifs is 1. The van der Waals surface area contributed by atoms with Gasteiger partial charge in [0.1, 0.15) is 0 Å². The summed E-state index contributed by atoms with van der Waals surface area (Å²) in [4.78, 5) is 33.6. The summed E-state index contributed by atoms with van der Waals surface area (Å²) in [6, 6.07) is 24.2. The van der Waals surface area contributed by atoms with Crippen LogP contribution < -0.4 is 24.4 Å². The average molecular weight is 699 g/mol. The topological polar surface area (TPSA) is 84.1 Å². The molecule has 0 amide bonds. The first kappa shape index (κ1) is 31.3. The Morgan fingerprint density at radius 3 is 2.37 bits per heavy atom. The summed E-state index contributed by atoms with van der Waals surface area (Å²) >= 11 is 4.80. The molecule has 1 atom stereocenters. The second kappa shape index (κ2) is 13.0. The van der Waals surface area contributed by atoms with Gasteiger partial charge in [0, 0.05) is 27.1 Å². The third-order valence-electron chi connectivity index (χ3n) is 7.94. The Kier molecular flexibility index (Phi) is 8.84. The van der Waals surface area contributed by atoms with Gasteiger partial charge in [0.05, 0.1) is 42.7 Å². The fraction of sp³-hybridized carbons (Fsp3) is 0.194. The molecule has 1 aliphatic heterocycles. The van der Waals surface area contributed by atoms with Crippen molar-refractivity contribution in [3.8, 4) is 17.2 Å². The summed E-state index contributed by atoms with van der Waals surface area (Å²) in [5.41, 5.74) is 5.85. The van der Waals surface area contributed by atoms with E-state index >= 15 is 0 Å². The standard InChI is InChI=1S/C36H32BrN3O5S/c1-6-45-35(42)31-32(23-10-8-7-9-11-23)38-36-40(33(31)24-12-17-28(43-4)29(19-24)44-5)34(41)30(46-36)20-25-18-21(2)39(22(25)3)27-15-13-26(37)14-16-27/h7-20,33H,6H2,1-5H3/b30-20-/t33-/m1/s1. The molecule has 3 aromatic carbocycles. The van der Waals surface area contributed by atoms with Crippen molar-refractivity contribution in [2.45, 2.75) is 26.8 Å². The minimum atomic E-state index is -0.831. The van der Waals surface area contributed by atoms with E-state index in [9.17, 15) is 9.59 Å². The van der Waals surface area contributed by atoms with E-state index in [4.69, 9.17) is 19.2 Å². The predicted octanol–water partition coefficient (Wildman–Crippen LogP) is 6.12. The second-order valence-electron chi connectivity index (χ2n) is 10.7. The average Bonchev–Trinajstić information content (AvgIpc) is 3.53. The zero-order valence-electron chi connectivity index (χ0n) is 26.0. The van der Waals surface area contributed by atoms with Crippen molar-refractivity contribution < 1.29 is 19.0 Å². The first-order valence-electron chi connectivity index (χ1n) is 14.7. The van der Waals surface area contributed by atoms with Crippen molar-refractivity contribution >= 4 is 45.0 Å². The quantitative estimate of drug-likeness (QED) is 0.183. The van der Waals surface area contributed by atoms with Crippen molar-refractivity contribution in [2.24, 2.45) is 4.99 Å². The molecule has 0 unspecified atom stereocenters. The monoisotopic (exact) mass is 697 g/mol. The van der Waals surface area contributed by atoms with Crippen molar-refractivity contribution in [1.29, 1.82) is 0 Å². The number of aryl methyl sites for hydroxylation is 1. The van der Waals surface area contributed by atoms with E-state index in [1.54, 1.807) is 37.8 Å². The first-order valence-corrected chi connectivity index (χ1v) is 16.3. The maximum Gasteiger partial charge on any atom is 0.338 e. The fourth-order valence-corrected chi connectivity index (χ4v) is 7.10. The van der Waals surface area contributed by atoms with Crippen LogP contribution in [0.2, 0.25) is 0 Å². The number of ether oxygens (including phenoxy) is 3. The lowest BCUT2D eigenvalue weighted by Gasteiger charge is -2.26. The zero-order valence-corrected chi connectivity index (χ0v) is 28.4. The molecule has 0 saturated carbocycles. The Morgan fingerprint density at radius 2 is 1.70 bits per heavy atom. The van der Waals surface area contributed by atoms with Crippen molar-refractivity contribution in [3.63, 3.8) is 0 Å². The number of hydrogen-bond donors (Lipinski definition) is 0. The van der Waals surface area contributed by atoms with Crippen LogP contribution in [-0.4, -0.2) is 35.9 Å². The molecule has 0 spiro atoms. The molecule has 6 rings (SSSR count). The van der Waals surface area contributed by atoms with Crippen molar-refractivity contribution in [3.05, 3.63) is 137 Å². The van der Waals surface area contributed by atoms with Gasteiger partial charge in [-0.1, -0.05) is 63.7 Å². The lowest BCUT2D eigenvalue weighted by atomic mass is 9.93. The molecule has 10 heteroatoms. The number of nitrogens with zero attached hydrogens (tertiary/aromatic N) is 3. The summed E-state index contributed by atoms with van der Waals surface area (Å²) in [7, 11) is 3.11. The molecule has 0 saturated heterocycles. The minimum Gasteiger partial charge on any atom is -0.493 e. The largest absolute Gasteiger partial charge is 0.493 e. The van der Waals surface area contributed by atoms with E-state index < -0.39 is 12.0 Å². The van der Waals surface area contributed by atoms with Gasteiger partial charge in [0.2, 0.25) is 0 Å². The summed E-state index contributed by atoms with van der Waals surface area (Å²) in [5.74, 6) is 0.464. The molecule has 2 aromatic heterocycles. The van der Waals surface area contributed by atoms with E-state index in [-0.39, 0.29) is 17.7 Å². The van der Waals surface area contributed by atoms with E-state index in [1.807, 2.05) is 80.6 Å². The number of methoxy groups -OCH3 is 2. The van der Waals surface area contributed by atoms with Crippen LogP contribution in [0.4, 0.5) is 0 Å². The highest BCUT2D eigenvalue weighted by Crippen LogP contribution is 2.38. The SMILES string of the molecule is CCOC(=O)C1=C(c2ccccc2)N=c2s/c(=C\c3cc(C)n(-c4ccc(Br)cc4)c3C)c(=O)n2[C@@H]1c1ccc(OC)c(OC)c1. The highest BCUT2D eigenvalue weighted by atomic mass is 79.9. The van der Waals surface area contributed by atoms with Crippen LogP contribution in [0.25, 0.3) is 17.5 Å². The maximum atomic E-state index is 14.4. The van der Waals surface area contributed by atoms with Gasteiger partial charge in [-0.3, -0.25) is 9.36 Å². The smallest absolute Gasteiger partial charge is 0.338 e. The normalized spacial score (nSPS) is 14.6. The molecule has 5 aromatic rings. The number of hydrogen-bond acceptors (Lipinski definition) is 7. The van der Waals surface area contributed by atoms with Crippen molar-refractivity contribution in [1.82, 2.24) is 9.13 Å². The number of esters is 1. The molecular weight excluding hydrogens is 666 g/mol. The van der Waals surface area contributed by atoms with Gasteiger partial charge in [-0.05, 0) is 80.4 Å². The highest BCUT2D eigenvalue weighted by molar-refractivity contribution is 9.10. The number of carbonyl (C=O) groups excluding carboxylic acids is 1. The molecule has 0 N–H and O–H groups in total. The van der Waals surface area contributed by atoms with Crippen LogP contribution in [0.15, 0.2) is 98.7 Å². The third-order valence-corrected chi connectivity index (χ3v) is 9.45. The van der Waals surface area contributed by atoms with Gasteiger partial charge in [-0.2, -0.15) is 0 Å². The van der Waals surface area contributed by atoms with E-state index in [0.717, 1.165) is 32.7 Å². The number of rotatable bonds is 8. The van der Waals surface area contributed by atoms with Gasteiger partial charge >= 0.3 is 5.97 Å². The van der Waals surface area contributed by atoms with Gasteiger partial charge in [-0.15, -0.1) is 0 Å². The second-order valence-corrected chi connectivity index (χ2v) is 12.6. The Labute approximate surface area is 278 Å². The number of benzene rings is 3. The summed E-state index contributed by atoms with van der Waals surface area (Å²) < 4.78 is 21.9. The van der Waals surface area contributed by atoms with E-state index in [1.165, 1.54) is 11.3 Å². The van der Waals surface area contributed by atoms with Gasteiger partial charge in [0.25, 0.3) is 5.56 Å². The van der Waals surface area contributed by atoms with Crippen LogP contribution in [0.3, 0.4) is 0 Å². The first-order chi connectivity index (χ1) is 22.2. The molecule has 0 radical (unpaired) electrons. The Balaban J connectivity index is 1.61. The lowest BCUT2D eigenvalue weighted by molar-refractivity contribution is -0.138. The van der Waals surface area contributed by atoms with Gasteiger partial charge in [-0.25, -0.2) is 9.79 Å². The maximum absolute atomic E-state index is 14.4. The highest BCUT2D eigenvalue weighted by Gasteiger charge is 2.35. The van der Waals surface area contributed by atoms with Crippen LogP contribution in [-0.2, 0) is 9.53 Å². The van der Waals surface area contributed by atoms with Crippen LogP contribution in [0, 0.1) is 13.8 Å². The Hall–Kier alpha value is -4.67. The van der Waals surface area contributed by atoms with E-state index in [2.05, 4.69) is 26.6 Å². The lowest BCUT2D eigenvalue weighted by Crippen LogP contribution is -2.40. The molecule has 3 heterocycles. The number of halogens is 1. The number of carbonyl (C=O) groups is 1. The van der Waals surface area contributed by atoms with Gasteiger partial charge < -0.3 is 18.8 Å². The summed E-state index contributed by atoms with van der Waals surface area (Å²) in [6.45, 7) is 6.01. The van der Waals surface area contributed by atoms with Crippen LogP contribution >= 0.6 is 27.3 Å². The predicted molar refractivity (Wildman–Crippen MR) is 184 cm³/mol. The molecule has 8 nitrogen and oxygen atoms in total. The third kappa shape index (κ3) is 5.63. The van der Waals surface area contributed by atoms with E-state index in [0.29, 0.717) is 32.1 Å².